The Morgan fingerprint density at radius 3 is 2.87 bits per heavy atom. The number of nitrogens with zero attached hydrogens (tertiary/aromatic N) is 1. The van der Waals surface area contributed by atoms with Crippen molar-refractivity contribution in [2.45, 2.75) is 18.6 Å². The van der Waals surface area contributed by atoms with Crippen LogP contribution in [0.3, 0.4) is 0 Å². The van der Waals surface area contributed by atoms with Crippen molar-refractivity contribution in [1.29, 1.82) is 0 Å². The van der Waals surface area contributed by atoms with Gasteiger partial charge in [0.25, 0.3) is 5.56 Å². The first-order valence-electron chi connectivity index (χ1n) is 4.70. The fourth-order valence-electron chi connectivity index (χ4n) is 1.82. The van der Waals surface area contributed by atoms with E-state index in [1.807, 2.05) is 0 Å². The van der Waals surface area contributed by atoms with Gasteiger partial charge in [0.1, 0.15) is 6.17 Å². The average Bonchev–Trinajstić information content (AvgIpc) is 2.20. The molecule has 2 rings (SSSR count). The largest absolute Gasteiger partial charge is 0.396 e. The van der Waals surface area contributed by atoms with Gasteiger partial charge in [-0.3, -0.25) is 14.3 Å². The average molecular weight is 214 g/mol. The van der Waals surface area contributed by atoms with E-state index in [1.54, 1.807) is 0 Å². The third-order valence-corrected chi connectivity index (χ3v) is 2.81. The molecular weight excluding hydrogens is 203 g/mol. The van der Waals surface area contributed by atoms with E-state index in [-0.39, 0.29) is 6.61 Å². The molecule has 6 heteroatoms. The second kappa shape index (κ2) is 3.62. The van der Waals surface area contributed by atoms with E-state index in [1.165, 1.54) is 12.3 Å². The van der Waals surface area contributed by atoms with Crippen molar-refractivity contribution in [2.24, 2.45) is 5.92 Å². The predicted molar refractivity (Wildman–Crippen MR) is 50.4 cm³/mol. The Hall–Kier alpha value is -1.43. The smallest absolute Gasteiger partial charge is 0.328 e. The summed E-state index contributed by atoms with van der Waals surface area (Å²) >= 11 is 0. The first-order valence-corrected chi connectivity index (χ1v) is 4.70. The van der Waals surface area contributed by atoms with Crippen molar-refractivity contribution in [3.05, 3.63) is 33.1 Å². The molecule has 82 valence electrons. The van der Waals surface area contributed by atoms with Gasteiger partial charge in [0, 0.05) is 24.8 Å². The Morgan fingerprint density at radius 1 is 1.60 bits per heavy atom. The van der Waals surface area contributed by atoms with E-state index in [4.69, 9.17) is 5.11 Å². The van der Waals surface area contributed by atoms with Crippen LogP contribution >= 0.6 is 0 Å². The van der Waals surface area contributed by atoms with Crippen LogP contribution in [0.1, 0.15) is 12.5 Å². The summed E-state index contributed by atoms with van der Waals surface area (Å²) in [5, 5.41) is 8.75. The molecule has 0 amide bonds. The van der Waals surface area contributed by atoms with Gasteiger partial charge in [-0.15, -0.1) is 0 Å². The minimum Gasteiger partial charge on any atom is -0.396 e. The zero-order valence-corrected chi connectivity index (χ0v) is 7.89. The fraction of sp³-hybridized carbons (Fsp3) is 0.556. The molecule has 1 saturated carbocycles. The van der Waals surface area contributed by atoms with E-state index < -0.39 is 29.4 Å². The number of hydrogen-bond donors (Lipinski definition) is 2. The summed E-state index contributed by atoms with van der Waals surface area (Å²) in [4.78, 5) is 24.1. The number of aromatic nitrogens is 2. The molecule has 5 nitrogen and oxygen atoms in total. The van der Waals surface area contributed by atoms with Crippen molar-refractivity contribution >= 4 is 0 Å². The van der Waals surface area contributed by atoms with Gasteiger partial charge < -0.3 is 5.11 Å². The molecular formula is C9H11FN2O3. The fourth-order valence-corrected chi connectivity index (χ4v) is 1.82. The number of aliphatic hydroxyl groups is 1. The second-order valence-corrected chi connectivity index (χ2v) is 3.71. The third-order valence-electron chi connectivity index (χ3n) is 2.81. The quantitative estimate of drug-likeness (QED) is 0.692. The minimum absolute atomic E-state index is 0.213. The summed E-state index contributed by atoms with van der Waals surface area (Å²) in [6.07, 6.45) is 0.480. The first kappa shape index (κ1) is 10.1. The van der Waals surface area contributed by atoms with Crippen molar-refractivity contribution in [1.82, 2.24) is 9.55 Å². The maximum absolute atomic E-state index is 13.4. The molecule has 1 aromatic heterocycles. The summed E-state index contributed by atoms with van der Waals surface area (Å²) in [5.74, 6) is -0.395. The van der Waals surface area contributed by atoms with Gasteiger partial charge >= 0.3 is 5.69 Å². The molecule has 2 N–H and O–H groups in total. The second-order valence-electron chi connectivity index (χ2n) is 3.71. The Morgan fingerprint density at radius 2 is 2.33 bits per heavy atom. The van der Waals surface area contributed by atoms with Gasteiger partial charge in [-0.05, 0) is 6.42 Å². The normalized spacial score (nSPS) is 29.9. The molecule has 3 atom stereocenters. The number of alkyl halides is 1. The molecule has 1 aromatic rings. The zero-order valence-electron chi connectivity index (χ0n) is 7.89. The van der Waals surface area contributed by atoms with Crippen LogP contribution in [0, 0.1) is 5.92 Å². The molecule has 1 aliphatic carbocycles. The van der Waals surface area contributed by atoms with Gasteiger partial charge in [0.2, 0.25) is 0 Å². The molecule has 0 saturated heterocycles. The molecule has 0 aliphatic heterocycles. The molecule has 0 aromatic carbocycles. The van der Waals surface area contributed by atoms with Crippen LogP contribution in [0.15, 0.2) is 21.9 Å². The molecule has 1 fully saturated rings. The topological polar surface area (TPSA) is 75.1 Å². The number of rotatable bonds is 2. The lowest BCUT2D eigenvalue weighted by atomic mass is 9.78. The van der Waals surface area contributed by atoms with Crippen molar-refractivity contribution in [2.75, 3.05) is 6.61 Å². The third kappa shape index (κ3) is 1.61. The Kier molecular flexibility index (Phi) is 2.44. The maximum Gasteiger partial charge on any atom is 0.328 e. The Labute approximate surface area is 84.2 Å². The maximum atomic E-state index is 13.4. The number of aliphatic hydroxyl groups excluding tert-OH is 1. The molecule has 0 spiro atoms. The van der Waals surface area contributed by atoms with Crippen LogP contribution in [0.2, 0.25) is 0 Å². The van der Waals surface area contributed by atoms with Gasteiger partial charge in [0.15, 0.2) is 0 Å². The number of aromatic amines is 1. The van der Waals surface area contributed by atoms with E-state index in [0.717, 1.165) is 4.57 Å². The van der Waals surface area contributed by atoms with Crippen molar-refractivity contribution in [3.8, 4) is 0 Å². The zero-order chi connectivity index (χ0) is 11.0. The van der Waals surface area contributed by atoms with Gasteiger partial charge in [0.05, 0.1) is 6.04 Å². The number of nitrogens with one attached hydrogen (secondary N) is 1. The molecule has 0 bridgehead atoms. The number of H-pyrrole nitrogens is 1. The summed E-state index contributed by atoms with van der Waals surface area (Å²) in [6, 6.07) is 0.618. The molecule has 15 heavy (non-hydrogen) atoms. The SMILES string of the molecule is O=c1ccn([C@@H]2C[C@H](CO)C2F)c(=O)[nH]1. The Bertz CT molecular complexity index is 467. The van der Waals surface area contributed by atoms with Crippen LogP contribution in [-0.4, -0.2) is 27.4 Å². The molecule has 0 radical (unpaired) electrons. The lowest BCUT2D eigenvalue weighted by molar-refractivity contribution is -0.000381. The van der Waals surface area contributed by atoms with Crippen molar-refractivity contribution in [3.63, 3.8) is 0 Å². The molecule has 1 heterocycles. The summed E-state index contributed by atoms with van der Waals surface area (Å²) < 4.78 is 14.6. The van der Waals surface area contributed by atoms with Crippen molar-refractivity contribution < 1.29 is 9.50 Å². The van der Waals surface area contributed by atoms with E-state index in [2.05, 4.69) is 4.98 Å². The number of halogens is 1. The van der Waals surface area contributed by atoms with E-state index in [9.17, 15) is 14.0 Å². The first-order chi connectivity index (χ1) is 7.13. The Balaban J connectivity index is 2.26. The summed E-state index contributed by atoms with van der Waals surface area (Å²) in [6.45, 7) is -0.213. The highest BCUT2D eigenvalue weighted by molar-refractivity contribution is 4.97. The molecule has 1 aliphatic rings. The van der Waals surface area contributed by atoms with Crippen LogP contribution in [0.25, 0.3) is 0 Å². The highest BCUT2D eigenvalue weighted by Crippen LogP contribution is 2.39. The highest BCUT2D eigenvalue weighted by atomic mass is 19.1. The molecule has 1 unspecified atom stereocenters. The van der Waals surface area contributed by atoms with Crippen LogP contribution in [0.4, 0.5) is 4.39 Å². The van der Waals surface area contributed by atoms with E-state index >= 15 is 0 Å². The van der Waals surface area contributed by atoms with Gasteiger partial charge in [-0.1, -0.05) is 0 Å². The lowest BCUT2D eigenvalue weighted by Crippen LogP contribution is -2.46. The summed E-state index contributed by atoms with van der Waals surface area (Å²) in [7, 11) is 0. The van der Waals surface area contributed by atoms with Crippen LogP contribution in [0.5, 0.6) is 0 Å². The van der Waals surface area contributed by atoms with Gasteiger partial charge in [-0.2, -0.15) is 0 Å². The lowest BCUT2D eigenvalue weighted by Gasteiger charge is -2.39. The van der Waals surface area contributed by atoms with Crippen LogP contribution in [-0.2, 0) is 0 Å². The van der Waals surface area contributed by atoms with Crippen LogP contribution < -0.4 is 11.2 Å². The van der Waals surface area contributed by atoms with Gasteiger partial charge in [-0.25, -0.2) is 9.18 Å². The summed E-state index contributed by atoms with van der Waals surface area (Å²) in [5.41, 5.74) is -1.10. The van der Waals surface area contributed by atoms with E-state index in [0.29, 0.717) is 6.42 Å². The monoisotopic (exact) mass is 214 g/mol. The predicted octanol–water partition coefficient (Wildman–Crippen LogP) is -0.572. The number of hydrogen-bond acceptors (Lipinski definition) is 3. The highest BCUT2D eigenvalue weighted by Gasteiger charge is 2.42. The minimum atomic E-state index is -1.22. The standard InChI is InChI=1S/C9H11FN2O3/c10-8-5(4-13)3-6(8)12-2-1-7(14)11-9(12)15/h1-2,5-6,8,13H,3-4H2,(H,11,14,15)/t5-,6-,8?/m1/s1.